The lowest BCUT2D eigenvalue weighted by Crippen LogP contribution is -1.95. The van der Waals surface area contributed by atoms with Gasteiger partial charge in [-0.05, 0) is 41.8 Å². The van der Waals surface area contributed by atoms with Gasteiger partial charge in [-0.2, -0.15) is 0 Å². The number of hydrogen-bond donors (Lipinski definition) is 0. The molecule has 0 bridgehead atoms. The predicted octanol–water partition coefficient (Wildman–Crippen LogP) is 4.33. The first kappa shape index (κ1) is 11.7. The molecule has 2 aromatic carbocycles. The van der Waals surface area contributed by atoms with E-state index in [2.05, 4.69) is 0 Å². The molecule has 0 saturated carbocycles. The number of rotatable bonds is 2. The maximum absolute atomic E-state index is 13.6. The smallest absolute Gasteiger partial charge is 0.133 e. The molecule has 0 nitrogen and oxygen atoms in total. The van der Waals surface area contributed by atoms with E-state index in [9.17, 15) is 13.2 Å². The number of benzene rings is 2. The van der Waals surface area contributed by atoms with Crippen molar-refractivity contribution in [3.8, 4) is 11.1 Å². The van der Waals surface area contributed by atoms with Crippen molar-refractivity contribution in [1.29, 1.82) is 0 Å². The molecule has 0 saturated heterocycles. The van der Waals surface area contributed by atoms with Gasteiger partial charge in [-0.3, -0.25) is 0 Å². The summed E-state index contributed by atoms with van der Waals surface area (Å²) in [6.45, 7) is 1.82. The van der Waals surface area contributed by atoms with Crippen molar-refractivity contribution in [1.82, 2.24) is 0 Å². The fourth-order valence-electron chi connectivity index (χ4n) is 1.85. The van der Waals surface area contributed by atoms with Crippen LogP contribution in [0, 0.1) is 17.5 Å². The van der Waals surface area contributed by atoms with Gasteiger partial charge in [-0.25, -0.2) is 13.2 Å². The van der Waals surface area contributed by atoms with Crippen molar-refractivity contribution < 1.29 is 13.2 Å². The van der Waals surface area contributed by atoms with E-state index in [4.69, 9.17) is 0 Å². The molecule has 0 aliphatic carbocycles. The van der Waals surface area contributed by atoms with Gasteiger partial charge in [0.05, 0.1) is 5.56 Å². The average Bonchev–Trinajstić information content (AvgIpc) is 2.30. The Hall–Kier alpha value is -1.77. The second-order valence-electron chi connectivity index (χ2n) is 3.75. The van der Waals surface area contributed by atoms with Crippen molar-refractivity contribution in [2.75, 3.05) is 0 Å². The van der Waals surface area contributed by atoms with Crippen LogP contribution in [0.3, 0.4) is 0 Å². The monoisotopic (exact) mass is 236 g/mol. The highest BCUT2D eigenvalue weighted by atomic mass is 19.1. The summed E-state index contributed by atoms with van der Waals surface area (Å²) >= 11 is 0. The summed E-state index contributed by atoms with van der Waals surface area (Å²) in [5.41, 5.74) is 0.905. The average molecular weight is 236 g/mol. The van der Waals surface area contributed by atoms with E-state index in [0.29, 0.717) is 17.5 Å². The molecule has 2 rings (SSSR count). The van der Waals surface area contributed by atoms with Crippen molar-refractivity contribution in [3.63, 3.8) is 0 Å². The maximum atomic E-state index is 13.6. The van der Waals surface area contributed by atoms with Gasteiger partial charge in [0.15, 0.2) is 0 Å². The van der Waals surface area contributed by atoms with Crippen LogP contribution in [-0.2, 0) is 6.42 Å². The van der Waals surface area contributed by atoms with Crippen molar-refractivity contribution in [3.05, 3.63) is 59.4 Å². The normalized spacial score (nSPS) is 10.6. The molecule has 0 spiro atoms. The first-order chi connectivity index (χ1) is 8.13. The van der Waals surface area contributed by atoms with E-state index in [0.717, 1.165) is 0 Å². The van der Waals surface area contributed by atoms with Crippen LogP contribution in [0.4, 0.5) is 13.2 Å². The Labute approximate surface area is 97.7 Å². The Morgan fingerprint density at radius 3 is 2.18 bits per heavy atom. The highest BCUT2D eigenvalue weighted by Crippen LogP contribution is 2.29. The second-order valence-corrected chi connectivity index (χ2v) is 3.75. The lowest BCUT2D eigenvalue weighted by atomic mass is 9.97. The molecule has 0 heterocycles. The molecule has 2 aromatic rings. The van der Waals surface area contributed by atoms with Gasteiger partial charge in [-0.1, -0.05) is 19.1 Å². The molecule has 0 aliphatic heterocycles. The van der Waals surface area contributed by atoms with Crippen LogP contribution >= 0.6 is 0 Å². The molecule has 0 amide bonds. The summed E-state index contributed by atoms with van der Waals surface area (Å²) in [5, 5.41) is 0. The minimum absolute atomic E-state index is 0.0932. The van der Waals surface area contributed by atoms with Gasteiger partial charge in [0, 0.05) is 0 Å². The van der Waals surface area contributed by atoms with Gasteiger partial charge in [0.1, 0.15) is 17.5 Å². The van der Waals surface area contributed by atoms with Gasteiger partial charge >= 0.3 is 0 Å². The standard InChI is InChI=1S/C14H11F3/c1-2-9-8-10(15)6-7-11(9)14-12(16)4-3-5-13(14)17/h3-8H,2H2,1H3. The molecule has 0 atom stereocenters. The molecule has 0 radical (unpaired) electrons. The highest BCUT2D eigenvalue weighted by Gasteiger charge is 2.14. The summed E-state index contributed by atoms with van der Waals surface area (Å²) in [5.74, 6) is -1.67. The van der Waals surface area contributed by atoms with Crippen molar-refractivity contribution in [2.24, 2.45) is 0 Å². The van der Waals surface area contributed by atoms with Crippen LogP contribution in [0.15, 0.2) is 36.4 Å². The number of halogens is 3. The quantitative estimate of drug-likeness (QED) is 0.727. The molecular weight excluding hydrogens is 225 g/mol. The van der Waals surface area contributed by atoms with E-state index < -0.39 is 17.5 Å². The largest absolute Gasteiger partial charge is 0.207 e. The Balaban J connectivity index is 2.68. The Morgan fingerprint density at radius 1 is 0.941 bits per heavy atom. The van der Waals surface area contributed by atoms with E-state index in [1.54, 1.807) is 0 Å². The molecular formula is C14H11F3. The van der Waals surface area contributed by atoms with E-state index in [-0.39, 0.29) is 5.56 Å². The summed E-state index contributed by atoms with van der Waals surface area (Å²) in [4.78, 5) is 0. The van der Waals surface area contributed by atoms with Crippen LogP contribution in [-0.4, -0.2) is 0 Å². The highest BCUT2D eigenvalue weighted by molar-refractivity contribution is 5.68. The van der Waals surface area contributed by atoms with Gasteiger partial charge in [0.25, 0.3) is 0 Å². The van der Waals surface area contributed by atoms with Crippen molar-refractivity contribution >= 4 is 0 Å². The van der Waals surface area contributed by atoms with Crippen LogP contribution < -0.4 is 0 Å². The summed E-state index contributed by atoms with van der Waals surface area (Å²) in [6.07, 6.45) is 0.515. The molecule has 88 valence electrons. The summed E-state index contributed by atoms with van der Waals surface area (Å²) in [7, 11) is 0. The molecule has 0 fully saturated rings. The predicted molar refractivity (Wildman–Crippen MR) is 61.1 cm³/mol. The van der Waals surface area contributed by atoms with Crippen LogP contribution in [0.2, 0.25) is 0 Å². The number of aryl methyl sites for hydroxylation is 1. The van der Waals surface area contributed by atoms with Crippen LogP contribution in [0.25, 0.3) is 11.1 Å². The Morgan fingerprint density at radius 2 is 1.59 bits per heavy atom. The van der Waals surface area contributed by atoms with Crippen molar-refractivity contribution in [2.45, 2.75) is 13.3 Å². The fraction of sp³-hybridized carbons (Fsp3) is 0.143. The topological polar surface area (TPSA) is 0 Å². The number of hydrogen-bond acceptors (Lipinski definition) is 0. The third-order valence-corrected chi connectivity index (χ3v) is 2.68. The fourth-order valence-corrected chi connectivity index (χ4v) is 1.85. The minimum Gasteiger partial charge on any atom is -0.207 e. The maximum Gasteiger partial charge on any atom is 0.133 e. The second kappa shape index (κ2) is 4.62. The minimum atomic E-state index is -0.633. The molecule has 0 aliphatic rings. The molecule has 0 aromatic heterocycles. The molecule has 3 heteroatoms. The molecule has 17 heavy (non-hydrogen) atoms. The van der Waals surface area contributed by atoms with Gasteiger partial charge in [-0.15, -0.1) is 0 Å². The Bertz CT molecular complexity index is 527. The van der Waals surface area contributed by atoms with E-state index >= 15 is 0 Å². The Kier molecular flexibility index (Phi) is 3.18. The van der Waals surface area contributed by atoms with E-state index in [1.807, 2.05) is 6.92 Å². The van der Waals surface area contributed by atoms with E-state index in [1.165, 1.54) is 36.4 Å². The summed E-state index contributed by atoms with van der Waals surface area (Å²) in [6, 6.07) is 7.63. The zero-order valence-corrected chi connectivity index (χ0v) is 9.31. The lowest BCUT2D eigenvalue weighted by molar-refractivity contribution is 0.588. The van der Waals surface area contributed by atoms with Gasteiger partial charge in [0.2, 0.25) is 0 Å². The third-order valence-electron chi connectivity index (χ3n) is 2.68. The molecule has 0 unspecified atom stereocenters. The van der Waals surface area contributed by atoms with Crippen LogP contribution in [0.1, 0.15) is 12.5 Å². The zero-order chi connectivity index (χ0) is 12.4. The summed E-state index contributed by atoms with van der Waals surface area (Å²) < 4.78 is 40.3. The van der Waals surface area contributed by atoms with Gasteiger partial charge < -0.3 is 0 Å². The first-order valence-corrected chi connectivity index (χ1v) is 5.36. The lowest BCUT2D eigenvalue weighted by Gasteiger charge is -2.10. The first-order valence-electron chi connectivity index (χ1n) is 5.36. The SMILES string of the molecule is CCc1cc(F)ccc1-c1c(F)cccc1F. The molecule has 0 N–H and O–H groups in total. The zero-order valence-electron chi connectivity index (χ0n) is 9.31. The third kappa shape index (κ3) is 2.18. The van der Waals surface area contributed by atoms with Crippen LogP contribution in [0.5, 0.6) is 0 Å².